The van der Waals surface area contributed by atoms with Gasteiger partial charge in [-0.05, 0) is 61.1 Å². The second-order valence-electron chi connectivity index (χ2n) is 11.1. The fraction of sp³-hybridized carbons (Fsp3) is 0.433. The van der Waals surface area contributed by atoms with Crippen LogP contribution < -0.4 is 15.4 Å². The molecular formula is C30H31F2N3O5. The molecule has 2 N–H and O–H groups in total. The minimum atomic E-state index is -2.87. The zero-order valence-corrected chi connectivity index (χ0v) is 22.2. The number of amides is 2. The van der Waals surface area contributed by atoms with Crippen molar-refractivity contribution in [2.45, 2.75) is 61.6 Å². The average Bonchev–Trinajstić information content (AvgIpc) is 3.52. The van der Waals surface area contributed by atoms with E-state index in [9.17, 15) is 18.4 Å². The predicted octanol–water partition coefficient (Wildman–Crippen LogP) is 4.90. The van der Waals surface area contributed by atoms with Crippen LogP contribution in [0.4, 0.5) is 8.78 Å². The largest absolute Gasteiger partial charge is 0.486 e. The molecule has 1 aliphatic heterocycles. The van der Waals surface area contributed by atoms with E-state index in [0.717, 1.165) is 16.9 Å². The third kappa shape index (κ3) is 5.32. The number of carbonyl (C=O) groups is 2. The van der Waals surface area contributed by atoms with Gasteiger partial charge >= 0.3 is 0 Å². The first kappa shape index (κ1) is 26.4. The van der Waals surface area contributed by atoms with E-state index in [0.29, 0.717) is 37.0 Å². The number of fused-ring (bicyclic) bond motifs is 1. The molecule has 3 aromatic rings. The number of furan rings is 1. The van der Waals surface area contributed by atoms with Crippen molar-refractivity contribution in [2.75, 3.05) is 20.3 Å². The molecule has 3 aliphatic rings. The van der Waals surface area contributed by atoms with Crippen LogP contribution in [-0.4, -0.2) is 61.4 Å². The fourth-order valence-electron chi connectivity index (χ4n) is 5.27. The molecular weight excluding hydrogens is 520 g/mol. The summed E-state index contributed by atoms with van der Waals surface area (Å²) in [6, 6.07) is 14.9. The third-order valence-corrected chi connectivity index (χ3v) is 7.99. The van der Waals surface area contributed by atoms with Crippen molar-refractivity contribution < 1.29 is 32.3 Å². The normalized spacial score (nSPS) is 21.1. The van der Waals surface area contributed by atoms with Gasteiger partial charge in [-0.1, -0.05) is 24.3 Å². The van der Waals surface area contributed by atoms with Crippen molar-refractivity contribution in [3.05, 3.63) is 54.3 Å². The molecule has 3 fully saturated rings. The number of aliphatic imine (C=N–C) groups is 1. The highest BCUT2D eigenvalue weighted by Crippen LogP contribution is 2.41. The smallest absolute Gasteiger partial charge is 0.287 e. The van der Waals surface area contributed by atoms with Crippen LogP contribution >= 0.6 is 0 Å². The quantitative estimate of drug-likeness (QED) is 0.388. The number of alkyl halides is 2. The van der Waals surface area contributed by atoms with E-state index in [1.807, 2.05) is 42.5 Å². The van der Waals surface area contributed by atoms with E-state index in [4.69, 9.17) is 13.9 Å². The molecule has 0 radical (unpaired) electrons. The topological polar surface area (TPSA) is 102 Å². The van der Waals surface area contributed by atoms with Gasteiger partial charge in [-0.15, -0.1) is 0 Å². The molecule has 0 atom stereocenters. The molecule has 1 aromatic heterocycles. The Balaban J connectivity index is 1.20. The summed E-state index contributed by atoms with van der Waals surface area (Å²) in [7, 11) is 1.62. The van der Waals surface area contributed by atoms with E-state index in [1.54, 1.807) is 19.3 Å². The summed E-state index contributed by atoms with van der Waals surface area (Å²) in [6.45, 7) is 1.19. The minimum absolute atomic E-state index is 0.0133. The van der Waals surface area contributed by atoms with Gasteiger partial charge in [0.1, 0.15) is 23.0 Å². The van der Waals surface area contributed by atoms with Gasteiger partial charge < -0.3 is 24.5 Å². The maximum absolute atomic E-state index is 14.1. The zero-order chi connectivity index (χ0) is 28.0. The van der Waals surface area contributed by atoms with Crippen LogP contribution in [0.25, 0.3) is 22.1 Å². The lowest BCUT2D eigenvalue weighted by molar-refractivity contribution is -0.133. The van der Waals surface area contributed by atoms with E-state index in [1.165, 1.54) is 0 Å². The number of hydrogen-bond acceptors (Lipinski definition) is 6. The second-order valence-corrected chi connectivity index (χ2v) is 11.1. The number of halogens is 2. The summed E-state index contributed by atoms with van der Waals surface area (Å²) >= 11 is 0. The van der Waals surface area contributed by atoms with Gasteiger partial charge in [-0.25, -0.2) is 8.78 Å². The maximum Gasteiger partial charge on any atom is 0.287 e. The molecule has 6 rings (SSSR count). The summed E-state index contributed by atoms with van der Waals surface area (Å²) in [4.78, 5) is 30.8. The highest BCUT2D eigenvalue weighted by molar-refractivity contribution is 6.01. The van der Waals surface area contributed by atoms with Crippen LogP contribution in [0.1, 0.15) is 49.1 Å². The van der Waals surface area contributed by atoms with Gasteiger partial charge in [-0.3, -0.25) is 14.6 Å². The van der Waals surface area contributed by atoms with Crippen molar-refractivity contribution in [3.8, 4) is 16.9 Å². The van der Waals surface area contributed by atoms with E-state index in [2.05, 4.69) is 15.6 Å². The molecule has 40 heavy (non-hydrogen) atoms. The Morgan fingerprint density at radius 2 is 1.65 bits per heavy atom. The third-order valence-electron chi connectivity index (χ3n) is 7.99. The Morgan fingerprint density at radius 1 is 0.950 bits per heavy atom. The van der Waals surface area contributed by atoms with Gasteiger partial charge in [0, 0.05) is 31.5 Å². The molecule has 8 nitrogen and oxygen atoms in total. The van der Waals surface area contributed by atoms with Gasteiger partial charge in [0.25, 0.3) is 5.91 Å². The lowest BCUT2D eigenvalue weighted by atomic mass is 9.78. The van der Waals surface area contributed by atoms with Crippen LogP contribution in [0.15, 0.2) is 57.9 Å². The van der Waals surface area contributed by atoms with E-state index in [-0.39, 0.29) is 24.7 Å². The number of nitrogens with one attached hydrogen (secondary N) is 2. The Morgan fingerprint density at radius 3 is 2.27 bits per heavy atom. The standard InChI is InChI=1S/C30H31F2N3O5/c1-33-18-28(8-9-28)35-27(37)29(10-12-30(31,32)13-11-29)34-26(36)25-15-21-3-2-20(14-24(21)40-25)19-4-6-22(7-5-19)39-23-16-38-17-23/h2-7,14-15,18,23H,8-13,16-17H2,1H3,(H,34,36)(H,35,37). The number of rotatable bonds is 8. The van der Waals surface area contributed by atoms with Gasteiger partial charge in [0.05, 0.1) is 18.8 Å². The lowest BCUT2D eigenvalue weighted by Crippen LogP contribution is -2.63. The molecule has 2 aliphatic carbocycles. The van der Waals surface area contributed by atoms with Crippen LogP contribution in [-0.2, 0) is 9.53 Å². The number of ether oxygens (including phenoxy) is 2. The van der Waals surface area contributed by atoms with Crippen molar-refractivity contribution >= 4 is 29.0 Å². The Bertz CT molecular complexity index is 1450. The maximum atomic E-state index is 14.1. The van der Waals surface area contributed by atoms with Gasteiger partial charge in [0.15, 0.2) is 5.76 Å². The summed E-state index contributed by atoms with van der Waals surface area (Å²) in [5.41, 5.74) is 0.305. The highest BCUT2D eigenvalue weighted by atomic mass is 19.3. The summed E-state index contributed by atoms with van der Waals surface area (Å²) < 4.78 is 45.0. The van der Waals surface area contributed by atoms with Gasteiger partial charge in [-0.2, -0.15) is 0 Å². The summed E-state index contributed by atoms with van der Waals surface area (Å²) in [5.74, 6) is -3.18. The first-order valence-corrected chi connectivity index (χ1v) is 13.5. The number of carbonyl (C=O) groups excluding carboxylic acids is 2. The molecule has 2 saturated carbocycles. The molecule has 10 heteroatoms. The minimum Gasteiger partial charge on any atom is -0.486 e. The van der Waals surface area contributed by atoms with E-state index >= 15 is 0 Å². The molecule has 0 unspecified atom stereocenters. The molecule has 1 saturated heterocycles. The van der Waals surface area contributed by atoms with Crippen LogP contribution in [0.3, 0.4) is 0 Å². The second kappa shape index (κ2) is 9.99. The molecule has 210 valence electrons. The van der Waals surface area contributed by atoms with Crippen LogP contribution in [0.2, 0.25) is 0 Å². The first-order valence-electron chi connectivity index (χ1n) is 13.5. The Kier molecular flexibility index (Phi) is 6.60. The Labute approximate surface area is 230 Å². The fourth-order valence-corrected chi connectivity index (χ4v) is 5.27. The average molecular weight is 552 g/mol. The first-order chi connectivity index (χ1) is 19.2. The monoisotopic (exact) mass is 551 g/mol. The number of hydrogen-bond donors (Lipinski definition) is 2. The van der Waals surface area contributed by atoms with Crippen LogP contribution in [0, 0.1) is 0 Å². The summed E-state index contributed by atoms with van der Waals surface area (Å²) in [6.07, 6.45) is 1.86. The molecule has 0 bridgehead atoms. The zero-order valence-electron chi connectivity index (χ0n) is 22.2. The lowest BCUT2D eigenvalue weighted by Gasteiger charge is -2.39. The highest BCUT2D eigenvalue weighted by Gasteiger charge is 2.52. The molecule has 2 heterocycles. The SMILES string of the molecule is CN=CC1(NC(=O)C2(NC(=O)c3cc4ccc(-c5ccc(OC6COC6)cc5)cc4o3)CCC(F)(F)CC2)CC1. The molecule has 0 spiro atoms. The van der Waals surface area contributed by atoms with E-state index < -0.39 is 41.7 Å². The van der Waals surface area contributed by atoms with Crippen LogP contribution in [0.5, 0.6) is 5.75 Å². The van der Waals surface area contributed by atoms with Crippen molar-refractivity contribution in [2.24, 2.45) is 4.99 Å². The molecule has 2 aromatic carbocycles. The predicted molar refractivity (Wildman–Crippen MR) is 145 cm³/mol. The van der Waals surface area contributed by atoms with Crippen molar-refractivity contribution in [1.82, 2.24) is 10.6 Å². The number of benzene rings is 2. The summed E-state index contributed by atoms with van der Waals surface area (Å²) in [5, 5.41) is 6.43. The van der Waals surface area contributed by atoms with Crippen molar-refractivity contribution in [1.29, 1.82) is 0 Å². The molecule has 2 amide bonds. The van der Waals surface area contributed by atoms with Crippen molar-refractivity contribution in [3.63, 3.8) is 0 Å². The Hall–Kier alpha value is -3.79. The number of nitrogens with zero attached hydrogens (tertiary/aromatic N) is 1. The van der Waals surface area contributed by atoms with Gasteiger partial charge in [0.2, 0.25) is 11.8 Å².